The molecule has 2 aliphatic rings. The number of likely N-dealkylation sites (tertiary alicyclic amines) is 1. The topological polar surface area (TPSA) is 29.3 Å². The van der Waals surface area contributed by atoms with Crippen molar-refractivity contribution in [3.05, 3.63) is 0 Å². The van der Waals surface area contributed by atoms with E-state index in [0.29, 0.717) is 18.5 Å². The molecule has 1 saturated heterocycles. The lowest BCUT2D eigenvalue weighted by Crippen LogP contribution is -2.30. The maximum absolute atomic E-state index is 12.9. The smallest absolute Gasteiger partial charge is 0.261 e. The summed E-state index contributed by atoms with van der Waals surface area (Å²) in [6, 6.07) is 0.308. The second-order valence-electron chi connectivity index (χ2n) is 4.78. The highest BCUT2D eigenvalue weighted by Crippen LogP contribution is 2.30. The maximum Gasteiger partial charge on any atom is 0.261 e. The molecule has 0 unspecified atom stereocenters. The van der Waals surface area contributed by atoms with Gasteiger partial charge in [-0.1, -0.05) is 0 Å². The Labute approximate surface area is 83.4 Å². The normalized spacial score (nSPS) is 37.9. The van der Waals surface area contributed by atoms with Crippen LogP contribution in [-0.4, -0.2) is 36.5 Å². The predicted molar refractivity (Wildman–Crippen MR) is 51.3 cm³/mol. The molecule has 1 aliphatic carbocycles. The van der Waals surface area contributed by atoms with Crippen molar-refractivity contribution < 1.29 is 8.78 Å². The Balaban J connectivity index is 1.76. The van der Waals surface area contributed by atoms with Crippen LogP contribution in [0.15, 0.2) is 0 Å². The van der Waals surface area contributed by atoms with Gasteiger partial charge in [0.05, 0.1) is 6.54 Å². The second kappa shape index (κ2) is 3.74. The standard InChI is InChI=1S/C10H18F2N2/c11-10(12)3-4-14(7-10)6-8-1-2-9(13)5-8/h8-9H,1-7,13H2/t8-,9+/m0/s1. The lowest BCUT2D eigenvalue weighted by molar-refractivity contribution is 0.0109. The predicted octanol–water partition coefficient (Wildman–Crippen LogP) is 1.45. The van der Waals surface area contributed by atoms with Crippen molar-refractivity contribution in [2.75, 3.05) is 19.6 Å². The number of nitrogens with two attached hydrogens (primary N) is 1. The molecule has 0 bridgehead atoms. The summed E-state index contributed by atoms with van der Waals surface area (Å²) in [7, 11) is 0. The second-order valence-corrected chi connectivity index (χ2v) is 4.78. The lowest BCUT2D eigenvalue weighted by atomic mass is 10.1. The van der Waals surface area contributed by atoms with E-state index in [9.17, 15) is 8.78 Å². The van der Waals surface area contributed by atoms with Gasteiger partial charge < -0.3 is 5.73 Å². The molecule has 2 N–H and O–H groups in total. The Kier molecular flexibility index (Phi) is 2.75. The molecule has 2 atom stereocenters. The van der Waals surface area contributed by atoms with E-state index >= 15 is 0 Å². The molecule has 0 spiro atoms. The molecule has 1 saturated carbocycles. The van der Waals surface area contributed by atoms with Gasteiger partial charge in [-0.25, -0.2) is 8.78 Å². The zero-order valence-corrected chi connectivity index (χ0v) is 8.38. The number of hydrogen-bond acceptors (Lipinski definition) is 2. The molecule has 2 fully saturated rings. The SMILES string of the molecule is N[C@@H]1CC[C@H](CN2CCC(F)(F)C2)C1. The van der Waals surface area contributed by atoms with Gasteiger partial charge in [0.25, 0.3) is 5.92 Å². The number of alkyl halides is 2. The monoisotopic (exact) mass is 204 g/mol. The van der Waals surface area contributed by atoms with Crippen LogP contribution in [-0.2, 0) is 0 Å². The Morgan fingerprint density at radius 2 is 2.14 bits per heavy atom. The Morgan fingerprint density at radius 3 is 2.64 bits per heavy atom. The fourth-order valence-electron chi connectivity index (χ4n) is 2.61. The lowest BCUT2D eigenvalue weighted by Gasteiger charge is -2.19. The fourth-order valence-corrected chi connectivity index (χ4v) is 2.61. The van der Waals surface area contributed by atoms with Crippen LogP contribution in [0.25, 0.3) is 0 Å². The summed E-state index contributed by atoms with van der Waals surface area (Å²) in [6.45, 7) is 1.33. The molecule has 0 aromatic rings. The molecule has 0 aromatic heterocycles. The van der Waals surface area contributed by atoms with Gasteiger partial charge in [-0.05, 0) is 25.2 Å². The van der Waals surface area contributed by atoms with Crippen LogP contribution in [0.1, 0.15) is 25.7 Å². The summed E-state index contributed by atoms with van der Waals surface area (Å²) < 4.78 is 25.8. The van der Waals surface area contributed by atoms with Crippen LogP contribution in [0.4, 0.5) is 8.78 Å². The van der Waals surface area contributed by atoms with E-state index in [1.165, 1.54) is 0 Å². The van der Waals surface area contributed by atoms with Gasteiger partial charge in [0.15, 0.2) is 0 Å². The highest BCUT2D eigenvalue weighted by atomic mass is 19.3. The quantitative estimate of drug-likeness (QED) is 0.737. The van der Waals surface area contributed by atoms with E-state index in [2.05, 4.69) is 0 Å². The third-order valence-electron chi connectivity index (χ3n) is 3.35. The molecule has 2 rings (SSSR count). The van der Waals surface area contributed by atoms with Crippen molar-refractivity contribution in [3.8, 4) is 0 Å². The molecular formula is C10H18F2N2. The zero-order valence-electron chi connectivity index (χ0n) is 8.38. The first-order valence-electron chi connectivity index (χ1n) is 5.41. The number of hydrogen-bond donors (Lipinski definition) is 1. The van der Waals surface area contributed by atoms with Crippen molar-refractivity contribution in [2.45, 2.75) is 37.6 Å². The zero-order chi connectivity index (χ0) is 10.2. The minimum absolute atomic E-state index is 0.0335. The largest absolute Gasteiger partial charge is 0.328 e. The van der Waals surface area contributed by atoms with Gasteiger partial charge >= 0.3 is 0 Å². The third-order valence-corrected chi connectivity index (χ3v) is 3.35. The van der Waals surface area contributed by atoms with Crippen LogP contribution >= 0.6 is 0 Å². The van der Waals surface area contributed by atoms with Gasteiger partial charge in [-0.15, -0.1) is 0 Å². The summed E-state index contributed by atoms with van der Waals surface area (Å²) in [5.74, 6) is -1.89. The van der Waals surface area contributed by atoms with E-state index in [4.69, 9.17) is 5.73 Å². The molecule has 1 aliphatic heterocycles. The average molecular weight is 204 g/mol. The van der Waals surface area contributed by atoms with Crippen LogP contribution in [0, 0.1) is 5.92 Å². The van der Waals surface area contributed by atoms with E-state index in [-0.39, 0.29) is 13.0 Å². The third kappa shape index (κ3) is 2.42. The van der Waals surface area contributed by atoms with Crippen molar-refractivity contribution in [1.82, 2.24) is 4.90 Å². The molecule has 82 valence electrons. The van der Waals surface area contributed by atoms with Gasteiger partial charge in [0.1, 0.15) is 0 Å². The van der Waals surface area contributed by atoms with Crippen LogP contribution in [0.3, 0.4) is 0 Å². The minimum atomic E-state index is -2.44. The summed E-state index contributed by atoms with van der Waals surface area (Å²) in [5, 5.41) is 0. The van der Waals surface area contributed by atoms with Gasteiger partial charge in [-0.2, -0.15) is 0 Å². The van der Waals surface area contributed by atoms with E-state index in [1.807, 2.05) is 4.90 Å². The first-order valence-corrected chi connectivity index (χ1v) is 5.41. The van der Waals surface area contributed by atoms with E-state index in [0.717, 1.165) is 25.8 Å². The minimum Gasteiger partial charge on any atom is -0.328 e. The molecule has 0 aromatic carbocycles. The summed E-state index contributed by atoms with van der Waals surface area (Å²) >= 11 is 0. The number of halogens is 2. The highest BCUT2D eigenvalue weighted by molar-refractivity contribution is 4.86. The van der Waals surface area contributed by atoms with E-state index < -0.39 is 5.92 Å². The molecular weight excluding hydrogens is 186 g/mol. The number of nitrogens with zero attached hydrogens (tertiary/aromatic N) is 1. The average Bonchev–Trinajstić information content (AvgIpc) is 2.59. The first kappa shape index (κ1) is 10.3. The van der Waals surface area contributed by atoms with Gasteiger partial charge in [-0.3, -0.25) is 4.90 Å². The molecule has 14 heavy (non-hydrogen) atoms. The fraction of sp³-hybridized carbons (Fsp3) is 1.00. The van der Waals surface area contributed by atoms with Crippen molar-refractivity contribution in [2.24, 2.45) is 11.7 Å². The van der Waals surface area contributed by atoms with Crippen molar-refractivity contribution in [3.63, 3.8) is 0 Å². The van der Waals surface area contributed by atoms with Crippen molar-refractivity contribution >= 4 is 0 Å². The van der Waals surface area contributed by atoms with Crippen molar-refractivity contribution in [1.29, 1.82) is 0 Å². The summed E-state index contributed by atoms with van der Waals surface area (Å²) in [4.78, 5) is 1.89. The molecule has 0 amide bonds. The Morgan fingerprint density at radius 1 is 1.36 bits per heavy atom. The molecule has 1 heterocycles. The Hall–Kier alpha value is -0.220. The highest BCUT2D eigenvalue weighted by Gasteiger charge is 2.39. The van der Waals surface area contributed by atoms with Gasteiger partial charge in [0, 0.05) is 25.6 Å². The summed E-state index contributed by atoms with van der Waals surface area (Å²) in [5.41, 5.74) is 5.79. The van der Waals surface area contributed by atoms with Crippen LogP contribution in [0.2, 0.25) is 0 Å². The summed E-state index contributed by atoms with van der Waals surface area (Å²) in [6.07, 6.45) is 3.23. The Bertz CT molecular complexity index is 208. The van der Waals surface area contributed by atoms with Crippen LogP contribution < -0.4 is 5.73 Å². The van der Waals surface area contributed by atoms with E-state index in [1.54, 1.807) is 0 Å². The van der Waals surface area contributed by atoms with Gasteiger partial charge in [0.2, 0.25) is 0 Å². The van der Waals surface area contributed by atoms with Crippen LogP contribution in [0.5, 0.6) is 0 Å². The molecule has 2 nitrogen and oxygen atoms in total. The molecule has 4 heteroatoms. The first-order chi connectivity index (χ1) is 6.55. The number of rotatable bonds is 2. The maximum atomic E-state index is 12.9. The molecule has 0 radical (unpaired) electrons.